The van der Waals surface area contributed by atoms with E-state index in [4.69, 9.17) is 10.5 Å². The maximum Gasteiger partial charge on any atom is 0.223 e. The summed E-state index contributed by atoms with van der Waals surface area (Å²) in [6.07, 6.45) is 6.92. The van der Waals surface area contributed by atoms with Crippen LogP contribution in [0.2, 0.25) is 0 Å². The zero-order valence-electron chi connectivity index (χ0n) is 15.9. The summed E-state index contributed by atoms with van der Waals surface area (Å²) >= 11 is 0. The molecule has 1 fully saturated rings. The molecule has 2 atom stereocenters. The van der Waals surface area contributed by atoms with Gasteiger partial charge in [0.15, 0.2) is 0 Å². The third-order valence-corrected chi connectivity index (χ3v) is 5.10. The Kier molecular flexibility index (Phi) is 8.02. The van der Waals surface area contributed by atoms with Gasteiger partial charge in [-0.05, 0) is 57.8 Å². The molecule has 0 aliphatic heterocycles. The quantitative estimate of drug-likeness (QED) is 0.538. The standard InChI is InChI=1S/C19H38N2O2/c1-6-18(5,11-8-12-21-17(22)16-9-10-16)23-14-19(20,7-2)13-15(3)4/h15-16H,6-14,20H2,1-5H3,(H,21,22). The van der Waals surface area contributed by atoms with E-state index < -0.39 is 0 Å². The topological polar surface area (TPSA) is 64.3 Å². The lowest BCUT2D eigenvalue weighted by molar-refractivity contribution is -0.122. The first-order valence-corrected chi connectivity index (χ1v) is 9.44. The van der Waals surface area contributed by atoms with E-state index in [1.165, 1.54) is 0 Å². The van der Waals surface area contributed by atoms with E-state index in [1.807, 2.05) is 0 Å². The number of carbonyl (C=O) groups is 1. The Balaban J connectivity index is 2.34. The molecule has 0 aromatic carbocycles. The molecular formula is C19H38N2O2. The molecule has 1 aliphatic carbocycles. The molecule has 1 saturated carbocycles. The molecule has 1 amide bonds. The van der Waals surface area contributed by atoms with Crippen molar-refractivity contribution in [2.75, 3.05) is 13.2 Å². The number of nitrogens with one attached hydrogen (secondary N) is 1. The second-order valence-electron chi connectivity index (χ2n) is 8.07. The summed E-state index contributed by atoms with van der Waals surface area (Å²) in [6, 6.07) is 0. The smallest absolute Gasteiger partial charge is 0.223 e. The van der Waals surface area contributed by atoms with Crippen LogP contribution < -0.4 is 11.1 Å². The van der Waals surface area contributed by atoms with Crippen LogP contribution in [0.4, 0.5) is 0 Å². The van der Waals surface area contributed by atoms with Crippen LogP contribution in [0.1, 0.15) is 79.6 Å². The molecule has 0 spiro atoms. The van der Waals surface area contributed by atoms with Crippen molar-refractivity contribution in [3.63, 3.8) is 0 Å². The van der Waals surface area contributed by atoms with Gasteiger partial charge in [-0.3, -0.25) is 4.79 Å². The van der Waals surface area contributed by atoms with Gasteiger partial charge in [0.2, 0.25) is 5.91 Å². The zero-order chi connectivity index (χ0) is 17.5. The van der Waals surface area contributed by atoms with E-state index in [1.54, 1.807) is 0 Å². The van der Waals surface area contributed by atoms with Crippen LogP contribution in [0, 0.1) is 11.8 Å². The minimum Gasteiger partial charge on any atom is -0.373 e. The van der Waals surface area contributed by atoms with Gasteiger partial charge >= 0.3 is 0 Å². The second-order valence-corrected chi connectivity index (χ2v) is 8.07. The van der Waals surface area contributed by atoms with Crippen molar-refractivity contribution in [2.24, 2.45) is 17.6 Å². The molecule has 136 valence electrons. The minimum absolute atomic E-state index is 0.152. The molecule has 23 heavy (non-hydrogen) atoms. The van der Waals surface area contributed by atoms with Gasteiger partial charge in [-0.25, -0.2) is 0 Å². The fraction of sp³-hybridized carbons (Fsp3) is 0.947. The molecule has 0 radical (unpaired) electrons. The Morgan fingerprint density at radius 2 is 1.96 bits per heavy atom. The Bertz CT molecular complexity index is 368. The zero-order valence-corrected chi connectivity index (χ0v) is 15.9. The molecule has 1 aliphatic rings. The van der Waals surface area contributed by atoms with Crippen LogP contribution in [0.25, 0.3) is 0 Å². The van der Waals surface area contributed by atoms with Crippen molar-refractivity contribution >= 4 is 5.91 Å². The molecule has 0 aromatic rings. The molecule has 3 N–H and O–H groups in total. The van der Waals surface area contributed by atoms with Gasteiger partial charge in [-0.2, -0.15) is 0 Å². The predicted octanol–water partition coefficient (Wildman–Crippen LogP) is 3.63. The van der Waals surface area contributed by atoms with E-state index in [0.29, 0.717) is 18.4 Å². The average Bonchev–Trinajstić information content (AvgIpc) is 3.33. The second kappa shape index (κ2) is 9.03. The molecule has 2 unspecified atom stereocenters. The maximum atomic E-state index is 11.6. The average molecular weight is 327 g/mol. The Morgan fingerprint density at radius 1 is 1.30 bits per heavy atom. The predicted molar refractivity (Wildman–Crippen MR) is 96.3 cm³/mol. The molecule has 1 rings (SSSR count). The van der Waals surface area contributed by atoms with Gasteiger partial charge in [-0.1, -0.05) is 27.7 Å². The van der Waals surface area contributed by atoms with E-state index in [-0.39, 0.29) is 17.0 Å². The summed E-state index contributed by atoms with van der Waals surface area (Å²) in [7, 11) is 0. The van der Waals surface area contributed by atoms with Crippen molar-refractivity contribution in [3.8, 4) is 0 Å². The number of hydrogen-bond acceptors (Lipinski definition) is 3. The highest BCUT2D eigenvalue weighted by molar-refractivity contribution is 5.80. The largest absolute Gasteiger partial charge is 0.373 e. The van der Waals surface area contributed by atoms with E-state index in [9.17, 15) is 4.79 Å². The van der Waals surface area contributed by atoms with Gasteiger partial charge < -0.3 is 15.8 Å². The molecule has 0 heterocycles. The van der Waals surface area contributed by atoms with Crippen molar-refractivity contribution in [2.45, 2.75) is 90.7 Å². The normalized spacial score (nSPS) is 20.1. The Labute approximate surface area is 142 Å². The fourth-order valence-electron chi connectivity index (χ4n) is 2.95. The van der Waals surface area contributed by atoms with Gasteiger partial charge in [0.25, 0.3) is 0 Å². The molecule has 0 bridgehead atoms. The summed E-state index contributed by atoms with van der Waals surface area (Å²) < 4.78 is 6.26. The van der Waals surface area contributed by atoms with E-state index in [0.717, 1.165) is 51.5 Å². The lowest BCUT2D eigenvalue weighted by atomic mass is 9.87. The third kappa shape index (κ3) is 7.67. The van der Waals surface area contributed by atoms with Crippen LogP contribution in [-0.4, -0.2) is 30.2 Å². The van der Waals surface area contributed by atoms with Crippen LogP contribution in [-0.2, 0) is 9.53 Å². The van der Waals surface area contributed by atoms with Crippen molar-refractivity contribution in [3.05, 3.63) is 0 Å². The number of hydrogen-bond donors (Lipinski definition) is 2. The van der Waals surface area contributed by atoms with E-state index in [2.05, 4.69) is 39.9 Å². The Morgan fingerprint density at radius 3 is 2.43 bits per heavy atom. The summed E-state index contributed by atoms with van der Waals surface area (Å²) in [6.45, 7) is 12.2. The Hall–Kier alpha value is -0.610. The first kappa shape index (κ1) is 20.4. The number of ether oxygens (including phenoxy) is 1. The van der Waals surface area contributed by atoms with Crippen LogP contribution in [0.15, 0.2) is 0 Å². The first-order valence-electron chi connectivity index (χ1n) is 9.44. The summed E-state index contributed by atoms with van der Waals surface area (Å²) in [4.78, 5) is 11.6. The van der Waals surface area contributed by atoms with Crippen molar-refractivity contribution in [1.29, 1.82) is 0 Å². The van der Waals surface area contributed by atoms with Crippen LogP contribution in [0.5, 0.6) is 0 Å². The number of amides is 1. The number of nitrogens with two attached hydrogens (primary N) is 1. The highest BCUT2D eigenvalue weighted by atomic mass is 16.5. The fourth-order valence-corrected chi connectivity index (χ4v) is 2.95. The van der Waals surface area contributed by atoms with Crippen molar-refractivity contribution < 1.29 is 9.53 Å². The highest BCUT2D eigenvalue weighted by Gasteiger charge is 2.31. The summed E-state index contributed by atoms with van der Waals surface area (Å²) in [5.74, 6) is 1.10. The minimum atomic E-state index is -0.231. The van der Waals surface area contributed by atoms with Gasteiger partial charge in [-0.15, -0.1) is 0 Å². The third-order valence-electron chi connectivity index (χ3n) is 5.10. The lowest BCUT2D eigenvalue weighted by Crippen LogP contribution is -2.48. The first-order chi connectivity index (χ1) is 10.7. The highest BCUT2D eigenvalue weighted by Crippen LogP contribution is 2.29. The monoisotopic (exact) mass is 326 g/mol. The molecule has 4 heteroatoms. The molecule has 4 nitrogen and oxygen atoms in total. The summed E-state index contributed by atoms with van der Waals surface area (Å²) in [5, 5.41) is 3.03. The van der Waals surface area contributed by atoms with Gasteiger partial charge in [0.05, 0.1) is 12.2 Å². The lowest BCUT2D eigenvalue weighted by Gasteiger charge is -2.36. The van der Waals surface area contributed by atoms with Gasteiger partial charge in [0.1, 0.15) is 0 Å². The SMILES string of the molecule is CCC(N)(COC(C)(CC)CCCNC(=O)C1CC1)CC(C)C. The van der Waals surface area contributed by atoms with Crippen LogP contribution in [0.3, 0.4) is 0 Å². The van der Waals surface area contributed by atoms with Crippen LogP contribution >= 0.6 is 0 Å². The molecular weight excluding hydrogens is 288 g/mol. The van der Waals surface area contributed by atoms with Crippen molar-refractivity contribution in [1.82, 2.24) is 5.32 Å². The summed E-state index contributed by atoms with van der Waals surface area (Å²) in [5.41, 5.74) is 6.13. The number of rotatable bonds is 12. The van der Waals surface area contributed by atoms with Gasteiger partial charge in [0, 0.05) is 18.0 Å². The number of carbonyl (C=O) groups excluding carboxylic acids is 1. The molecule has 0 aromatic heterocycles. The molecule has 0 saturated heterocycles. The maximum absolute atomic E-state index is 11.6. The van der Waals surface area contributed by atoms with E-state index >= 15 is 0 Å².